The highest BCUT2D eigenvalue weighted by molar-refractivity contribution is 5.88. The molecule has 0 fully saturated rings. The van der Waals surface area contributed by atoms with Gasteiger partial charge >= 0.3 is 0 Å². The van der Waals surface area contributed by atoms with Gasteiger partial charge in [-0.1, -0.05) is 52.2 Å². The van der Waals surface area contributed by atoms with Gasteiger partial charge in [-0.2, -0.15) is 0 Å². The van der Waals surface area contributed by atoms with Gasteiger partial charge in [0.25, 0.3) is 0 Å². The molecule has 0 heterocycles. The lowest BCUT2D eigenvalue weighted by molar-refractivity contribution is -0.116. The number of amides is 1. The van der Waals surface area contributed by atoms with E-state index in [1.165, 1.54) is 28.7 Å². The molecule has 0 bridgehead atoms. The predicted octanol–water partition coefficient (Wildman–Crippen LogP) is 7.54. The van der Waals surface area contributed by atoms with E-state index in [4.69, 9.17) is 0 Å². The normalized spacial score (nSPS) is 13.5. The minimum atomic E-state index is 0.0172. The molecule has 32 heavy (non-hydrogen) atoms. The van der Waals surface area contributed by atoms with E-state index < -0.39 is 0 Å². The van der Waals surface area contributed by atoms with Gasteiger partial charge in [0, 0.05) is 19.2 Å². The second-order valence-electron chi connectivity index (χ2n) is 9.67. The third-order valence-electron chi connectivity index (χ3n) is 5.42. The van der Waals surface area contributed by atoms with E-state index in [2.05, 4.69) is 69.1 Å². The van der Waals surface area contributed by atoms with Gasteiger partial charge in [0.15, 0.2) is 0 Å². The average Bonchev–Trinajstić information content (AvgIpc) is 2.67. The number of carbonyl (C=O) groups excluding carboxylic acids is 1. The van der Waals surface area contributed by atoms with E-state index >= 15 is 0 Å². The van der Waals surface area contributed by atoms with E-state index in [1.54, 1.807) is 6.08 Å². The molecule has 0 aliphatic heterocycles. The molecule has 0 atom stereocenters. The molecule has 1 N–H and O–H groups in total. The molecule has 0 aliphatic rings. The second-order valence-corrected chi connectivity index (χ2v) is 9.67. The van der Waals surface area contributed by atoms with Crippen molar-refractivity contribution in [1.29, 1.82) is 0 Å². The van der Waals surface area contributed by atoms with Gasteiger partial charge in [0.1, 0.15) is 0 Å². The van der Waals surface area contributed by atoms with Crippen LogP contribution in [0.4, 0.5) is 0 Å². The van der Waals surface area contributed by atoms with Crippen LogP contribution < -0.4 is 5.32 Å². The fourth-order valence-corrected chi connectivity index (χ4v) is 3.28. The highest BCUT2D eigenvalue weighted by Crippen LogP contribution is 2.14. The quantitative estimate of drug-likeness (QED) is 0.198. The van der Waals surface area contributed by atoms with Crippen LogP contribution in [0.25, 0.3) is 0 Å². The standard InChI is InChI=1S/C29H50N2O/c1-24(2)13-9-14-25(3)15-10-16-26(4)17-11-18-27(5)19-12-20-28(6)23-29(32)30-21-22-31(7)8/h13,15,17,19,23H,9-12,14,16,18,20-22H2,1-8H3,(H,30,32). The first-order chi connectivity index (χ1) is 15.1. The van der Waals surface area contributed by atoms with Crippen LogP contribution in [0.5, 0.6) is 0 Å². The molecule has 0 unspecified atom stereocenters. The maximum atomic E-state index is 11.9. The van der Waals surface area contributed by atoms with Crippen molar-refractivity contribution < 1.29 is 4.79 Å². The zero-order chi connectivity index (χ0) is 24.4. The minimum absolute atomic E-state index is 0.0172. The van der Waals surface area contributed by atoms with Crippen molar-refractivity contribution in [1.82, 2.24) is 10.2 Å². The fourth-order valence-electron chi connectivity index (χ4n) is 3.28. The molecule has 0 aliphatic carbocycles. The van der Waals surface area contributed by atoms with Gasteiger partial charge in [-0.15, -0.1) is 0 Å². The van der Waals surface area contributed by atoms with E-state index in [9.17, 15) is 4.79 Å². The first-order valence-corrected chi connectivity index (χ1v) is 12.3. The van der Waals surface area contributed by atoms with Crippen molar-refractivity contribution in [3.8, 4) is 0 Å². The summed E-state index contributed by atoms with van der Waals surface area (Å²) in [7, 11) is 4.01. The SMILES string of the molecule is CC(C)=CCCC(C)=CCCC(C)=CCCC(C)=CCCC(C)=CC(=O)NCCN(C)C. The van der Waals surface area contributed by atoms with Gasteiger partial charge in [-0.05, 0) is 107 Å². The van der Waals surface area contributed by atoms with Crippen molar-refractivity contribution >= 4 is 5.91 Å². The summed E-state index contributed by atoms with van der Waals surface area (Å²) < 4.78 is 0. The number of rotatable bonds is 16. The number of likely N-dealkylation sites (N-methyl/N-ethyl adjacent to an activating group) is 1. The molecule has 0 saturated heterocycles. The summed E-state index contributed by atoms with van der Waals surface area (Å²) in [4.78, 5) is 13.9. The molecule has 0 saturated carbocycles. The number of carbonyl (C=O) groups is 1. The van der Waals surface area contributed by atoms with Gasteiger partial charge in [0.2, 0.25) is 5.91 Å². The summed E-state index contributed by atoms with van der Waals surface area (Å²) >= 11 is 0. The lowest BCUT2D eigenvalue weighted by Gasteiger charge is -2.09. The Bertz CT molecular complexity index is 686. The monoisotopic (exact) mass is 442 g/mol. The Balaban J connectivity index is 4.13. The zero-order valence-electron chi connectivity index (χ0n) is 22.3. The van der Waals surface area contributed by atoms with E-state index in [1.807, 2.05) is 21.0 Å². The molecule has 3 heteroatoms. The van der Waals surface area contributed by atoms with Crippen molar-refractivity contribution in [2.24, 2.45) is 0 Å². The topological polar surface area (TPSA) is 32.3 Å². The maximum absolute atomic E-state index is 11.9. The molecule has 0 spiro atoms. The Hall–Kier alpha value is -1.87. The Morgan fingerprint density at radius 1 is 0.656 bits per heavy atom. The van der Waals surface area contributed by atoms with Gasteiger partial charge in [-0.3, -0.25) is 4.79 Å². The molecule has 1 amide bonds. The van der Waals surface area contributed by atoms with Crippen LogP contribution in [-0.4, -0.2) is 38.0 Å². The summed E-state index contributed by atoms with van der Waals surface area (Å²) in [6.45, 7) is 14.6. The smallest absolute Gasteiger partial charge is 0.243 e. The summed E-state index contributed by atoms with van der Waals surface area (Å²) in [5.74, 6) is 0.0172. The third-order valence-corrected chi connectivity index (χ3v) is 5.42. The van der Waals surface area contributed by atoms with Gasteiger partial charge in [-0.25, -0.2) is 0 Å². The van der Waals surface area contributed by atoms with Crippen LogP contribution in [0.1, 0.15) is 92.9 Å². The lowest BCUT2D eigenvalue weighted by Crippen LogP contribution is -2.30. The average molecular weight is 443 g/mol. The Morgan fingerprint density at radius 3 is 1.47 bits per heavy atom. The third kappa shape index (κ3) is 20.1. The number of hydrogen-bond donors (Lipinski definition) is 1. The molecular formula is C29H50N2O. The number of hydrogen-bond acceptors (Lipinski definition) is 2. The van der Waals surface area contributed by atoms with Crippen LogP contribution in [0.2, 0.25) is 0 Å². The number of nitrogens with zero attached hydrogens (tertiary/aromatic N) is 1. The largest absolute Gasteiger partial charge is 0.351 e. The van der Waals surface area contributed by atoms with Gasteiger partial charge < -0.3 is 10.2 Å². The Labute approximate surface area is 199 Å². The molecule has 182 valence electrons. The molecule has 0 aromatic carbocycles. The molecule has 0 aromatic rings. The van der Waals surface area contributed by atoms with Crippen LogP contribution in [0.15, 0.2) is 58.2 Å². The number of nitrogens with one attached hydrogen (secondary N) is 1. The van der Waals surface area contributed by atoms with E-state index in [0.717, 1.165) is 57.1 Å². The molecule has 0 rings (SSSR count). The highest BCUT2D eigenvalue weighted by Gasteiger charge is 1.99. The van der Waals surface area contributed by atoms with Crippen molar-refractivity contribution in [2.75, 3.05) is 27.2 Å². The number of allylic oxidation sites excluding steroid dienone is 9. The summed E-state index contributed by atoms with van der Waals surface area (Å²) in [5.41, 5.74) is 6.98. The van der Waals surface area contributed by atoms with Crippen LogP contribution in [0.3, 0.4) is 0 Å². The first kappa shape index (κ1) is 30.1. The van der Waals surface area contributed by atoms with Crippen LogP contribution in [0, 0.1) is 0 Å². The lowest BCUT2D eigenvalue weighted by atomic mass is 10.0. The molecule has 3 nitrogen and oxygen atoms in total. The second kappa shape index (κ2) is 18.7. The van der Waals surface area contributed by atoms with Crippen molar-refractivity contribution in [3.63, 3.8) is 0 Å². The molecular weight excluding hydrogens is 392 g/mol. The van der Waals surface area contributed by atoms with Crippen molar-refractivity contribution in [3.05, 3.63) is 58.2 Å². The first-order valence-electron chi connectivity index (χ1n) is 12.3. The minimum Gasteiger partial charge on any atom is -0.351 e. The van der Waals surface area contributed by atoms with E-state index in [-0.39, 0.29) is 5.91 Å². The Kier molecular flexibility index (Phi) is 17.6. The predicted molar refractivity (Wildman–Crippen MR) is 143 cm³/mol. The summed E-state index contributed by atoms with van der Waals surface area (Å²) in [6.07, 6.45) is 20.0. The van der Waals surface area contributed by atoms with Crippen LogP contribution in [-0.2, 0) is 4.79 Å². The molecule has 0 aromatic heterocycles. The summed E-state index contributed by atoms with van der Waals surface area (Å²) in [5, 5.41) is 2.93. The zero-order valence-corrected chi connectivity index (χ0v) is 22.3. The van der Waals surface area contributed by atoms with Gasteiger partial charge in [0.05, 0.1) is 0 Å². The molecule has 0 radical (unpaired) electrons. The Morgan fingerprint density at radius 2 is 1.06 bits per heavy atom. The van der Waals surface area contributed by atoms with Crippen molar-refractivity contribution in [2.45, 2.75) is 92.9 Å². The summed E-state index contributed by atoms with van der Waals surface area (Å²) in [6, 6.07) is 0. The van der Waals surface area contributed by atoms with Crippen LogP contribution >= 0.6 is 0 Å². The highest BCUT2D eigenvalue weighted by atomic mass is 16.1. The van der Waals surface area contributed by atoms with E-state index in [0.29, 0.717) is 6.54 Å². The fraction of sp³-hybridized carbons (Fsp3) is 0.621. The maximum Gasteiger partial charge on any atom is 0.243 e.